The normalized spacial score (nSPS) is 15.3. The average molecular weight is 164 g/mol. The second kappa shape index (κ2) is 2.56. The van der Waals surface area contributed by atoms with Gasteiger partial charge in [0.25, 0.3) is 6.13 Å². The number of benzene rings is 1. The molecule has 0 spiro atoms. The molecule has 0 aliphatic carbocycles. The second-order valence-electron chi connectivity index (χ2n) is 3.15. The molecule has 1 aromatic rings. The van der Waals surface area contributed by atoms with Crippen LogP contribution in [0.1, 0.15) is 11.1 Å². The van der Waals surface area contributed by atoms with Crippen molar-refractivity contribution in [1.29, 1.82) is 0 Å². The van der Waals surface area contributed by atoms with E-state index in [1.165, 1.54) is 16.6 Å². The molecule has 1 aliphatic rings. The second-order valence-corrected chi connectivity index (χ2v) is 3.68. The molecule has 0 atom stereocenters. The molecule has 0 fully saturated rings. The molecule has 0 radical (unpaired) electrons. The van der Waals surface area contributed by atoms with Gasteiger partial charge in [-0.25, -0.2) is 0 Å². The van der Waals surface area contributed by atoms with Crippen molar-refractivity contribution >= 4 is 23.1 Å². The van der Waals surface area contributed by atoms with E-state index >= 15 is 0 Å². The van der Waals surface area contributed by atoms with Gasteiger partial charge in [-0.05, 0) is 24.5 Å². The van der Waals surface area contributed by atoms with Crippen LogP contribution in [-0.2, 0) is 6.42 Å². The van der Waals surface area contributed by atoms with Gasteiger partial charge >= 0.3 is 0 Å². The SMILES string of the molecule is Cc1cccc2c1CCB2Cl. The number of hydrogen-bond acceptors (Lipinski definition) is 0. The summed E-state index contributed by atoms with van der Waals surface area (Å²) in [6.07, 6.45) is 2.54. The molecule has 11 heavy (non-hydrogen) atoms. The van der Waals surface area contributed by atoms with Gasteiger partial charge < -0.3 is 0 Å². The van der Waals surface area contributed by atoms with Gasteiger partial charge in [0.15, 0.2) is 0 Å². The van der Waals surface area contributed by atoms with Crippen molar-refractivity contribution < 1.29 is 0 Å². The first kappa shape index (κ1) is 7.24. The number of halogens is 1. The summed E-state index contributed by atoms with van der Waals surface area (Å²) >= 11 is 6.11. The number of hydrogen-bond donors (Lipinski definition) is 0. The number of aryl methyl sites for hydroxylation is 1. The van der Waals surface area contributed by atoms with E-state index in [1.807, 2.05) is 0 Å². The van der Waals surface area contributed by atoms with Crippen LogP contribution >= 0.6 is 11.5 Å². The Hall–Kier alpha value is -0.425. The Balaban J connectivity index is 2.57. The maximum absolute atomic E-state index is 6.11. The van der Waals surface area contributed by atoms with Gasteiger partial charge in [-0.3, -0.25) is 0 Å². The third-order valence-electron chi connectivity index (χ3n) is 2.43. The Kier molecular flexibility index (Phi) is 1.69. The summed E-state index contributed by atoms with van der Waals surface area (Å²) in [5, 5.41) is 0. The Morgan fingerprint density at radius 3 is 3.00 bits per heavy atom. The van der Waals surface area contributed by atoms with Gasteiger partial charge in [0, 0.05) is 0 Å². The van der Waals surface area contributed by atoms with Crippen LogP contribution in [0, 0.1) is 6.92 Å². The smallest absolute Gasteiger partial charge is 0.189 e. The minimum absolute atomic E-state index is 0.268. The first-order valence-corrected chi connectivity index (χ1v) is 4.45. The van der Waals surface area contributed by atoms with Gasteiger partial charge in [0.2, 0.25) is 0 Å². The molecule has 0 unspecified atom stereocenters. The van der Waals surface area contributed by atoms with Crippen molar-refractivity contribution in [2.45, 2.75) is 19.7 Å². The Labute approximate surface area is 72.6 Å². The van der Waals surface area contributed by atoms with Crippen LogP contribution < -0.4 is 5.46 Å². The van der Waals surface area contributed by atoms with Crippen LogP contribution in [0.25, 0.3) is 0 Å². The predicted octanol–water partition coefficient (Wildman–Crippen LogP) is 1.99. The Morgan fingerprint density at radius 2 is 2.27 bits per heavy atom. The van der Waals surface area contributed by atoms with Crippen LogP contribution in [-0.4, -0.2) is 6.13 Å². The van der Waals surface area contributed by atoms with E-state index in [1.54, 1.807) is 0 Å². The summed E-state index contributed by atoms with van der Waals surface area (Å²) in [5.74, 6) is 0. The maximum Gasteiger partial charge on any atom is 0.283 e. The number of fused-ring (bicyclic) bond motifs is 1. The zero-order chi connectivity index (χ0) is 7.84. The minimum Gasteiger partial charge on any atom is -0.189 e. The van der Waals surface area contributed by atoms with E-state index in [4.69, 9.17) is 11.5 Å². The van der Waals surface area contributed by atoms with E-state index < -0.39 is 0 Å². The van der Waals surface area contributed by atoms with E-state index in [9.17, 15) is 0 Å². The first-order valence-electron chi connectivity index (χ1n) is 4.01. The van der Waals surface area contributed by atoms with E-state index in [0.29, 0.717) is 0 Å². The molecular formula is C9H10BCl. The standard InChI is InChI=1S/C9H10BCl/c1-7-3-2-4-9-8(7)5-6-10(9)11/h2-4H,5-6H2,1H3. The molecule has 0 saturated carbocycles. The fourth-order valence-corrected chi connectivity index (χ4v) is 2.10. The summed E-state index contributed by atoms with van der Waals surface area (Å²) in [7, 11) is 0. The molecule has 1 aliphatic heterocycles. The third-order valence-corrected chi connectivity index (χ3v) is 2.89. The Bertz CT molecular complexity index is 283. The fraction of sp³-hybridized carbons (Fsp3) is 0.333. The summed E-state index contributed by atoms with van der Waals surface area (Å²) in [6.45, 7) is 2.16. The quantitative estimate of drug-likeness (QED) is 0.515. The zero-order valence-corrected chi connectivity index (χ0v) is 7.36. The number of rotatable bonds is 0. The highest BCUT2D eigenvalue weighted by Gasteiger charge is 2.24. The molecule has 0 bridgehead atoms. The maximum atomic E-state index is 6.11. The predicted molar refractivity (Wildman–Crippen MR) is 50.9 cm³/mol. The van der Waals surface area contributed by atoms with Crippen LogP contribution in [0.15, 0.2) is 18.2 Å². The monoisotopic (exact) mass is 164 g/mol. The van der Waals surface area contributed by atoms with Crippen LogP contribution in [0.3, 0.4) is 0 Å². The van der Waals surface area contributed by atoms with Crippen LogP contribution in [0.4, 0.5) is 0 Å². The summed E-state index contributed by atoms with van der Waals surface area (Å²) in [6, 6.07) is 6.40. The third kappa shape index (κ3) is 1.08. The van der Waals surface area contributed by atoms with Gasteiger partial charge in [0.1, 0.15) is 0 Å². The highest BCUT2D eigenvalue weighted by molar-refractivity contribution is 7.15. The largest absolute Gasteiger partial charge is 0.283 e. The lowest BCUT2D eigenvalue weighted by Gasteiger charge is -2.02. The average Bonchev–Trinajstić information content (AvgIpc) is 2.35. The lowest BCUT2D eigenvalue weighted by Crippen LogP contribution is -2.19. The van der Waals surface area contributed by atoms with Crippen LogP contribution in [0.2, 0.25) is 6.32 Å². The minimum atomic E-state index is 0.268. The molecule has 0 N–H and O–H groups in total. The summed E-state index contributed by atoms with van der Waals surface area (Å²) in [5.41, 5.74) is 4.23. The van der Waals surface area contributed by atoms with E-state index in [-0.39, 0.29) is 6.13 Å². The molecule has 56 valence electrons. The van der Waals surface area contributed by atoms with Crippen molar-refractivity contribution in [3.05, 3.63) is 29.3 Å². The lowest BCUT2D eigenvalue weighted by atomic mass is 9.70. The van der Waals surface area contributed by atoms with Gasteiger partial charge in [0.05, 0.1) is 0 Å². The highest BCUT2D eigenvalue weighted by atomic mass is 35.5. The van der Waals surface area contributed by atoms with Gasteiger partial charge in [-0.1, -0.05) is 30.0 Å². The molecule has 2 heteroatoms. The zero-order valence-electron chi connectivity index (χ0n) is 6.60. The van der Waals surface area contributed by atoms with Crippen LogP contribution in [0.5, 0.6) is 0 Å². The molecular weight excluding hydrogens is 154 g/mol. The fourth-order valence-electron chi connectivity index (χ4n) is 1.79. The van der Waals surface area contributed by atoms with Crippen molar-refractivity contribution in [3.8, 4) is 0 Å². The topological polar surface area (TPSA) is 0 Å². The highest BCUT2D eigenvalue weighted by Crippen LogP contribution is 2.19. The van der Waals surface area contributed by atoms with E-state index in [0.717, 1.165) is 12.7 Å². The van der Waals surface area contributed by atoms with E-state index in [2.05, 4.69) is 25.1 Å². The lowest BCUT2D eigenvalue weighted by molar-refractivity contribution is 1.14. The molecule has 1 aromatic carbocycles. The molecule has 0 amide bonds. The summed E-state index contributed by atoms with van der Waals surface area (Å²) in [4.78, 5) is 0. The van der Waals surface area contributed by atoms with Crippen molar-refractivity contribution in [3.63, 3.8) is 0 Å². The van der Waals surface area contributed by atoms with Crippen molar-refractivity contribution in [2.75, 3.05) is 0 Å². The van der Waals surface area contributed by atoms with Crippen molar-refractivity contribution in [2.24, 2.45) is 0 Å². The van der Waals surface area contributed by atoms with Crippen molar-refractivity contribution in [1.82, 2.24) is 0 Å². The van der Waals surface area contributed by atoms with Gasteiger partial charge in [-0.15, -0.1) is 0 Å². The molecule has 0 nitrogen and oxygen atoms in total. The van der Waals surface area contributed by atoms with Gasteiger partial charge in [-0.2, -0.15) is 11.5 Å². The molecule has 2 rings (SSSR count). The molecule has 0 aromatic heterocycles. The summed E-state index contributed by atoms with van der Waals surface area (Å²) < 4.78 is 0. The molecule has 1 heterocycles. The Morgan fingerprint density at radius 1 is 1.45 bits per heavy atom. The molecule has 0 saturated heterocycles. The first-order chi connectivity index (χ1) is 5.29.